The van der Waals surface area contributed by atoms with Crippen LogP contribution in [0, 0.1) is 0 Å². The highest BCUT2D eigenvalue weighted by Crippen LogP contribution is 2.19. The number of amides is 1. The van der Waals surface area contributed by atoms with Gasteiger partial charge in [-0.2, -0.15) is 0 Å². The molecule has 1 aromatic carbocycles. The van der Waals surface area contributed by atoms with Crippen LogP contribution in [-0.4, -0.2) is 17.9 Å². The van der Waals surface area contributed by atoms with Gasteiger partial charge in [0.1, 0.15) is 0 Å². The van der Waals surface area contributed by atoms with Crippen LogP contribution in [0.1, 0.15) is 36.2 Å². The number of benzene rings is 1. The van der Waals surface area contributed by atoms with Gasteiger partial charge in [-0.15, -0.1) is 0 Å². The molecule has 0 unspecified atom stereocenters. The summed E-state index contributed by atoms with van der Waals surface area (Å²) in [5.74, 6) is 0.139. The van der Waals surface area contributed by atoms with E-state index in [1.807, 2.05) is 31.3 Å². The first-order valence-corrected chi connectivity index (χ1v) is 5.04. The second kappa shape index (κ2) is 4.80. The van der Waals surface area contributed by atoms with Gasteiger partial charge >= 0.3 is 0 Å². The van der Waals surface area contributed by atoms with Gasteiger partial charge in [0.05, 0.1) is 0 Å². The summed E-state index contributed by atoms with van der Waals surface area (Å²) in [6, 6.07) is 7.74. The van der Waals surface area contributed by atoms with E-state index in [-0.39, 0.29) is 5.91 Å². The van der Waals surface area contributed by atoms with Crippen LogP contribution in [0.2, 0.25) is 0 Å². The Morgan fingerprint density at radius 2 is 1.86 bits per heavy atom. The van der Waals surface area contributed by atoms with Gasteiger partial charge < -0.3 is 4.90 Å². The van der Waals surface area contributed by atoms with Crippen LogP contribution in [0.25, 0.3) is 0 Å². The molecule has 1 aliphatic heterocycles. The van der Waals surface area contributed by atoms with Crippen LogP contribution in [0.5, 0.6) is 0 Å². The van der Waals surface area contributed by atoms with Crippen molar-refractivity contribution in [3.63, 3.8) is 0 Å². The zero-order valence-electron chi connectivity index (χ0n) is 9.08. The van der Waals surface area contributed by atoms with E-state index in [2.05, 4.69) is 13.8 Å². The third kappa shape index (κ3) is 2.13. The fraction of sp³-hybridized carbons (Fsp3) is 0.417. The number of carbonyl (C=O) groups excluding carboxylic acids is 1. The second-order valence-electron chi connectivity index (χ2n) is 3.53. The molecule has 0 N–H and O–H groups in total. The Hall–Kier alpha value is -1.31. The zero-order chi connectivity index (χ0) is 10.6. The number of hydrogen-bond acceptors (Lipinski definition) is 1. The molecule has 0 atom stereocenters. The third-order valence-corrected chi connectivity index (χ3v) is 2.00. The van der Waals surface area contributed by atoms with E-state index in [4.69, 9.17) is 0 Å². The first-order valence-electron chi connectivity index (χ1n) is 5.04. The van der Waals surface area contributed by atoms with Crippen LogP contribution in [-0.2, 0) is 6.54 Å². The monoisotopic (exact) mass is 191 g/mol. The Morgan fingerprint density at radius 1 is 1.29 bits per heavy atom. The van der Waals surface area contributed by atoms with E-state index in [0.717, 1.165) is 17.7 Å². The number of rotatable bonds is 0. The van der Waals surface area contributed by atoms with Crippen molar-refractivity contribution in [2.45, 2.75) is 26.8 Å². The molecular formula is C12H17NO. The summed E-state index contributed by atoms with van der Waals surface area (Å²) < 4.78 is 0. The molecule has 0 aromatic heterocycles. The molecule has 2 nitrogen and oxygen atoms in total. The standard InChI is InChI=1S/C9H9NO.C3H8/c1-10-6-7-4-2-3-5-8(7)9(10)11;1-3-2/h2-5H,6H2,1H3;3H2,1-2H3. The lowest BCUT2D eigenvalue weighted by Gasteiger charge is -2.04. The summed E-state index contributed by atoms with van der Waals surface area (Å²) in [6.07, 6.45) is 1.25. The van der Waals surface area contributed by atoms with Gasteiger partial charge in [-0.05, 0) is 11.6 Å². The Balaban J connectivity index is 0.000000293. The number of nitrogens with zero attached hydrogens (tertiary/aromatic N) is 1. The van der Waals surface area contributed by atoms with Crippen molar-refractivity contribution in [3.8, 4) is 0 Å². The van der Waals surface area contributed by atoms with Crippen LogP contribution < -0.4 is 0 Å². The lowest BCUT2D eigenvalue weighted by molar-refractivity contribution is 0.0816. The van der Waals surface area contributed by atoms with Crippen molar-refractivity contribution in [1.29, 1.82) is 0 Å². The fourth-order valence-corrected chi connectivity index (χ4v) is 1.40. The van der Waals surface area contributed by atoms with Gasteiger partial charge in [0.2, 0.25) is 0 Å². The summed E-state index contributed by atoms with van der Waals surface area (Å²) in [5.41, 5.74) is 2.00. The summed E-state index contributed by atoms with van der Waals surface area (Å²) in [5, 5.41) is 0. The predicted molar refractivity (Wildman–Crippen MR) is 58.2 cm³/mol. The summed E-state index contributed by atoms with van der Waals surface area (Å²) >= 11 is 0. The average molecular weight is 191 g/mol. The summed E-state index contributed by atoms with van der Waals surface area (Å²) in [7, 11) is 1.82. The van der Waals surface area contributed by atoms with Gasteiger partial charge in [-0.3, -0.25) is 4.79 Å². The maximum atomic E-state index is 11.3. The highest BCUT2D eigenvalue weighted by atomic mass is 16.2. The van der Waals surface area contributed by atoms with E-state index in [0.29, 0.717) is 0 Å². The number of carbonyl (C=O) groups is 1. The minimum absolute atomic E-state index is 0.139. The Labute approximate surface area is 85.5 Å². The molecule has 0 radical (unpaired) electrons. The molecule has 0 saturated heterocycles. The molecule has 2 rings (SSSR count). The van der Waals surface area contributed by atoms with Crippen LogP contribution in [0.4, 0.5) is 0 Å². The molecule has 76 valence electrons. The molecule has 14 heavy (non-hydrogen) atoms. The van der Waals surface area contributed by atoms with Gasteiger partial charge in [0.15, 0.2) is 0 Å². The van der Waals surface area contributed by atoms with Crippen molar-refractivity contribution in [3.05, 3.63) is 35.4 Å². The van der Waals surface area contributed by atoms with Crippen LogP contribution in [0.3, 0.4) is 0 Å². The normalized spacial score (nSPS) is 13.4. The third-order valence-electron chi connectivity index (χ3n) is 2.00. The maximum absolute atomic E-state index is 11.3. The van der Waals surface area contributed by atoms with Crippen LogP contribution >= 0.6 is 0 Å². The van der Waals surface area contributed by atoms with E-state index >= 15 is 0 Å². The molecule has 0 bridgehead atoms. The zero-order valence-corrected chi connectivity index (χ0v) is 9.08. The molecule has 0 saturated carbocycles. The van der Waals surface area contributed by atoms with Crippen LogP contribution in [0.15, 0.2) is 24.3 Å². The molecule has 1 heterocycles. The van der Waals surface area contributed by atoms with E-state index in [1.54, 1.807) is 4.90 Å². The lowest BCUT2D eigenvalue weighted by atomic mass is 10.1. The average Bonchev–Trinajstić information content (AvgIpc) is 2.45. The summed E-state index contributed by atoms with van der Waals surface area (Å²) in [6.45, 7) is 5.01. The fourth-order valence-electron chi connectivity index (χ4n) is 1.40. The maximum Gasteiger partial charge on any atom is 0.254 e. The van der Waals surface area contributed by atoms with Crippen molar-refractivity contribution in [2.24, 2.45) is 0 Å². The van der Waals surface area contributed by atoms with Gasteiger partial charge in [0.25, 0.3) is 5.91 Å². The molecule has 1 amide bonds. The Morgan fingerprint density at radius 3 is 2.43 bits per heavy atom. The molecule has 0 spiro atoms. The van der Waals surface area contributed by atoms with Gasteiger partial charge in [-0.25, -0.2) is 0 Å². The lowest BCUT2D eigenvalue weighted by Crippen LogP contribution is -2.17. The van der Waals surface area contributed by atoms with Crippen molar-refractivity contribution >= 4 is 5.91 Å². The molecular weight excluding hydrogens is 174 g/mol. The van der Waals surface area contributed by atoms with E-state index < -0.39 is 0 Å². The first-order chi connectivity index (χ1) is 6.70. The van der Waals surface area contributed by atoms with Crippen molar-refractivity contribution in [2.75, 3.05) is 7.05 Å². The molecule has 1 aromatic rings. The molecule has 0 fully saturated rings. The highest BCUT2D eigenvalue weighted by molar-refractivity contribution is 5.98. The minimum Gasteiger partial charge on any atom is -0.337 e. The minimum atomic E-state index is 0.139. The first kappa shape index (κ1) is 10.8. The van der Waals surface area contributed by atoms with Gasteiger partial charge in [-0.1, -0.05) is 38.5 Å². The largest absolute Gasteiger partial charge is 0.337 e. The van der Waals surface area contributed by atoms with E-state index in [9.17, 15) is 4.79 Å². The quantitative estimate of drug-likeness (QED) is 0.617. The van der Waals surface area contributed by atoms with Crippen molar-refractivity contribution < 1.29 is 4.79 Å². The highest BCUT2D eigenvalue weighted by Gasteiger charge is 2.22. The second-order valence-corrected chi connectivity index (χ2v) is 3.53. The molecule has 1 aliphatic rings. The number of fused-ring (bicyclic) bond motifs is 1. The Bertz CT molecular complexity index is 320. The predicted octanol–water partition coefficient (Wildman–Crippen LogP) is 2.69. The van der Waals surface area contributed by atoms with E-state index in [1.165, 1.54) is 6.42 Å². The summed E-state index contributed by atoms with van der Waals surface area (Å²) in [4.78, 5) is 13.0. The number of hydrogen-bond donors (Lipinski definition) is 0. The SMILES string of the molecule is CCC.CN1Cc2ccccc2C1=O. The molecule has 2 heteroatoms. The van der Waals surface area contributed by atoms with Crippen molar-refractivity contribution in [1.82, 2.24) is 4.90 Å². The smallest absolute Gasteiger partial charge is 0.254 e. The Kier molecular flexibility index (Phi) is 3.69. The van der Waals surface area contributed by atoms with Gasteiger partial charge in [0, 0.05) is 19.2 Å². The topological polar surface area (TPSA) is 20.3 Å². The molecule has 0 aliphatic carbocycles.